The lowest BCUT2D eigenvalue weighted by atomic mass is 10.1. The molecule has 1 atom stereocenters. The fraction of sp³-hybridized carbons (Fsp3) is 0.348. The minimum Gasteiger partial charge on any atom is -0.354 e. The van der Waals surface area contributed by atoms with Gasteiger partial charge in [-0.1, -0.05) is 55.8 Å². The van der Waals surface area contributed by atoms with E-state index in [1.54, 1.807) is 37.3 Å². The molecule has 0 spiro atoms. The quantitative estimate of drug-likeness (QED) is 0.611. The van der Waals surface area contributed by atoms with E-state index < -0.39 is 34.4 Å². The Labute approximate surface area is 198 Å². The molecular formula is C23H26ClN3O5S. The molecule has 1 heterocycles. The molecule has 0 radical (unpaired) electrons. The molecule has 1 unspecified atom stereocenters. The maximum Gasteiger partial charge on any atom is 0.269 e. The van der Waals surface area contributed by atoms with Crippen LogP contribution in [-0.2, 0) is 26.2 Å². The van der Waals surface area contributed by atoms with Crippen molar-refractivity contribution in [2.75, 3.05) is 13.1 Å². The van der Waals surface area contributed by atoms with Gasteiger partial charge in [0.25, 0.3) is 15.9 Å². The summed E-state index contributed by atoms with van der Waals surface area (Å²) in [4.78, 5) is 39.9. The first kappa shape index (κ1) is 24.7. The topological polar surface area (TPSA) is 104 Å². The van der Waals surface area contributed by atoms with Crippen LogP contribution in [0.5, 0.6) is 0 Å². The van der Waals surface area contributed by atoms with Gasteiger partial charge >= 0.3 is 0 Å². The van der Waals surface area contributed by atoms with Crippen LogP contribution in [0.2, 0.25) is 5.02 Å². The molecule has 0 saturated carbocycles. The van der Waals surface area contributed by atoms with Gasteiger partial charge < -0.3 is 10.2 Å². The number of carbonyl (C=O) groups is 3. The van der Waals surface area contributed by atoms with Crippen LogP contribution < -0.4 is 5.32 Å². The van der Waals surface area contributed by atoms with Crippen molar-refractivity contribution in [1.82, 2.24) is 14.5 Å². The second kappa shape index (κ2) is 9.93. The van der Waals surface area contributed by atoms with Gasteiger partial charge in [0, 0.05) is 18.1 Å². The highest BCUT2D eigenvalue weighted by molar-refractivity contribution is 7.90. The highest BCUT2D eigenvalue weighted by Gasteiger charge is 2.43. The molecule has 2 aromatic rings. The molecule has 8 nitrogen and oxygen atoms in total. The Morgan fingerprint density at radius 3 is 2.33 bits per heavy atom. The molecule has 33 heavy (non-hydrogen) atoms. The third-order valence-electron chi connectivity index (χ3n) is 5.34. The van der Waals surface area contributed by atoms with Gasteiger partial charge in [0.2, 0.25) is 11.8 Å². The van der Waals surface area contributed by atoms with Gasteiger partial charge in [-0.25, -0.2) is 12.7 Å². The highest BCUT2D eigenvalue weighted by atomic mass is 35.5. The van der Waals surface area contributed by atoms with Crippen LogP contribution in [0.3, 0.4) is 0 Å². The van der Waals surface area contributed by atoms with E-state index in [9.17, 15) is 22.8 Å². The molecular weight excluding hydrogens is 466 g/mol. The SMILES string of the molecule is CC(C)CNC(=O)C(C)N(Cc1ccccc1Cl)C(=O)CN1C(=O)c2ccccc2S1(=O)=O. The molecule has 2 aromatic carbocycles. The molecule has 0 saturated heterocycles. The van der Waals surface area contributed by atoms with Gasteiger partial charge in [0.15, 0.2) is 0 Å². The Morgan fingerprint density at radius 2 is 1.70 bits per heavy atom. The van der Waals surface area contributed by atoms with Crippen molar-refractivity contribution >= 4 is 39.3 Å². The third-order valence-corrected chi connectivity index (χ3v) is 7.50. The lowest BCUT2D eigenvalue weighted by Gasteiger charge is -2.30. The van der Waals surface area contributed by atoms with Crippen molar-refractivity contribution in [3.63, 3.8) is 0 Å². The van der Waals surface area contributed by atoms with Crippen molar-refractivity contribution < 1.29 is 22.8 Å². The van der Waals surface area contributed by atoms with Gasteiger partial charge in [-0.2, -0.15) is 0 Å². The van der Waals surface area contributed by atoms with E-state index in [2.05, 4.69) is 5.32 Å². The Bertz CT molecular complexity index is 1180. The minimum atomic E-state index is -4.16. The van der Waals surface area contributed by atoms with E-state index in [0.29, 0.717) is 21.4 Å². The first-order valence-corrected chi connectivity index (χ1v) is 12.3. The number of hydrogen-bond acceptors (Lipinski definition) is 5. The number of carbonyl (C=O) groups excluding carboxylic acids is 3. The average Bonchev–Trinajstić information content (AvgIpc) is 2.97. The Hall–Kier alpha value is -2.91. The second-order valence-corrected chi connectivity index (χ2v) is 10.5. The summed E-state index contributed by atoms with van der Waals surface area (Å²) in [7, 11) is -4.16. The average molecular weight is 492 g/mol. The zero-order valence-electron chi connectivity index (χ0n) is 18.6. The maximum absolute atomic E-state index is 13.3. The van der Waals surface area contributed by atoms with Crippen LogP contribution in [0.1, 0.15) is 36.7 Å². The van der Waals surface area contributed by atoms with Gasteiger partial charge in [-0.3, -0.25) is 14.4 Å². The number of benzene rings is 2. The zero-order chi connectivity index (χ0) is 24.3. The zero-order valence-corrected chi connectivity index (χ0v) is 20.2. The molecule has 1 aliphatic heterocycles. The van der Waals surface area contributed by atoms with E-state index in [1.807, 2.05) is 13.8 Å². The van der Waals surface area contributed by atoms with E-state index in [1.165, 1.54) is 23.1 Å². The third kappa shape index (κ3) is 5.20. The molecule has 3 amide bonds. The van der Waals surface area contributed by atoms with Crippen LogP contribution in [0.4, 0.5) is 0 Å². The monoisotopic (exact) mass is 491 g/mol. The van der Waals surface area contributed by atoms with Crippen molar-refractivity contribution in [2.45, 2.75) is 38.3 Å². The molecule has 0 fully saturated rings. The van der Waals surface area contributed by atoms with E-state index >= 15 is 0 Å². The minimum absolute atomic E-state index is 0.0191. The Morgan fingerprint density at radius 1 is 1.06 bits per heavy atom. The predicted octanol–water partition coefficient (Wildman–Crippen LogP) is 2.67. The molecule has 1 N–H and O–H groups in total. The number of nitrogens with zero attached hydrogens (tertiary/aromatic N) is 2. The van der Waals surface area contributed by atoms with Crippen molar-refractivity contribution in [3.05, 3.63) is 64.7 Å². The fourth-order valence-corrected chi connectivity index (χ4v) is 5.16. The number of amides is 3. The van der Waals surface area contributed by atoms with Gasteiger partial charge in [-0.05, 0) is 36.6 Å². The summed E-state index contributed by atoms with van der Waals surface area (Å²) in [5.74, 6) is -1.64. The summed E-state index contributed by atoms with van der Waals surface area (Å²) in [6.45, 7) is 5.12. The Kier molecular flexibility index (Phi) is 7.44. The number of sulfonamides is 1. The number of rotatable bonds is 8. The molecule has 0 aliphatic carbocycles. The molecule has 3 rings (SSSR count). The van der Waals surface area contributed by atoms with Crippen molar-refractivity contribution in [3.8, 4) is 0 Å². The van der Waals surface area contributed by atoms with Crippen molar-refractivity contribution in [1.29, 1.82) is 0 Å². The van der Waals surface area contributed by atoms with Gasteiger partial charge in [0.05, 0.1) is 5.56 Å². The fourth-order valence-electron chi connectivity index (χ4n) is 3.45. The Balaban J connectivity index is 1.88. The van der Waals surface area contributed by atoms with E-state index in [-0.39, 0.29) is 28.8 Å². The highest BCUT2D eigenvalue weighted by Crippen LogP contribution is 2.30. The van der Waals surface area contributed by atoms with Crippen LogP contribution >= 0.6 is 11.6 Å². The van der Waals surface area contributed by atoms with Crippen LogP contribution in [0, 0.1) is 5.92 Å². The first-order chi connectivity index (χ1) is 15.5. The summed E-state index contributed by atoms with van der Waals surface area (Å²) in [6.07, 6.45) is 0. The largest absolute Gasteiger partial charge is 0.354 e. The lowest BCUT2D eigenvalue weighted by Crippen LogP contribution is -2.51. The number of nitrogens with one attached hydrogen (secondary N) is 1. The van der Waals surface area contributed by atoms with Crippen LogP contribution in [0.25, 0.3) is 0 Å². The molecule has 1 aliphatic rings. The van der Waals surface area contributed by atoms with Gasteiger partial charge in [-0.15, -0.1) is 0 Å². The maximum atomic E-state index is 13.3. The van der Waals surface area contributed by atoms with Crippen LogP contribution in [0.15, 0.2) is 53.4 Å². The van der Waals surface area contributed by atoms with Gasteiger partial charge in [0.1, 0.15) is 17.5 Å². The van der Waals surface area contributed by atoms with Crippen LogP contribution in [-0.4, -0.2) is 54.5 Å². The summed E-state index contributed by atoms with van der Waals surface area (Å²) in [5, 5.41) is 3.19. The summed E-state index contributed by atoms with van der Waals surface area (Å²) >= 11 is 6.26. The summed E-state index contributed by atoms with van der Waals surface area (Å²) in [6, 6.07) is 11.8. The number of halogens is 1. The standard InChI is InChI=1S/C23H26ClN3O5S/c1-15(2)12-25-22(29)16(3)26(13-17-8-4-6-10-19(17)24)21(28)14-27-23(30)18-9-5-7-11-20(18)33(27,31)32/h4-11,15-16H,12-14H2,1-3H3,(H,25,29). The number of fused-ring (bicyclic) bond motifs is 1. The second-order valence-electron chi connectivity index (χ2n) is 8.24. The molecule has 176 valence electrons. The summed E-state index contributed by atoms with van der Waals surface area (Å²) in [5.41, 5.74) is 0.612. The van der Waals surface area contributed by atoms with E-state index in [4.69, 9.17) is 11.6 Å². The first-order valence-electron chi connectivity index (χ1n) is 10.5. The lowest BCUT2D eigenvalue weighted by molar-refractivity contribution is -0.140. The summed E-state index contributed by atoms with van der Waals surface area (Å²) < 4.78 is 26.3. The molecule has 0 aromatic heterocycles. The number of hydrogen-bond donors (Lipinski definition) is 1. The predicted molar refractivity (Wildman–Crippen MR) is 124 cm³/mol. The molecule has 0 bridgehead atoms. The van der Waals surface area contributed by atoms with E-state index in [0.717, 1.165) is 0 Å². The molecule has 10 heteroatoms. The normalized spacial score (nSPS) is 15.3. The smallest absolute Gasteiger partial charge is 0.269 e. The van der Waals surface area contributed by atoms with Crippen molar-refractivity contribution in [2.24, 2.45) is 5.92 Å².